The Bertz CT molecular complexity index is 536. The third-order valence-corrected chi connectivity index (χ3v) is 3.04. The van der Waals surface area contributed by atoms with E-state index in [0.29, 0.717) is 10.6 Å². The van der Waals surface area contributed by atoms with Gasteiger partial charge in [-0.15, -0.1) is 0 Å². The van der Waals surface area contributed by atoms with Crippen molar-refractivity contribution in [1.29, 1.82) is 0 Å². The first-order valence-electron chi connectivity index (χ1n) is 4.93. The highest BCUT2D eigenvalue weighted by atomic mass is 32.1. The summed E-state index contributed by atoms with van der Waals surface area (Å²) in [5.74, 6) is -0.471. The lowest BCUT2D eigenvalue weighted by Gasteiger charge is -2.02. The molecule has 0 radical (unpaired) electrons. The number of nitrogens with zero attached hydrogens (tertiary/aromatic N) is 1. The van der Waals surface area contributed by atoms with Gasteiger partial charge in [-0.05, 0) is 18.2 Å². The van der Waals surface area contributed by atoms with Crippen LogP contribution in [0.1, 0.15) is 13.8 Å². The Morgan fingerprint density at radius 3 is 2.94 bits per heavy atom. The van der Waals surface area contributed by atoms with Crippen molar-refractivity contribution in [2.45, 2.75) is 13.8 Å². The summed E-state index contributed by atoms with van der Waals surface area (Å²) in [6.07, 6.45) is 0. The Balaban J connectivity index is 2.29. The van der Waals surface area contributed by atoms with Crippen molar-refractivity contribution < 1.29 is 9.18 Å². The lowest BCUT2D eigenvalue weighted by Crippen LogP contribution is -2.17. The minimum Gasteiger partial charge on any atom is -0.302 e. The van der Waals surface area contributed by atoms with Crippen LogP contribution in [0.25, 0.3) is 10.2 Å². The number of carbonyl (C=O) groups is 1. The number of thiazole rings is 1. The molecule has 5 heteroatoms. The van der Waals surface area contributed by atoms with Gasteiger partial charge < -0.3 is 5.32 Å². The second kappa shape index (κ2) is 4.17. The smallest absolute Gasteiger partial charge is 0.228 e. The van der Waals surface area contributed by atoms with Crippen LogP contribution in [-0.2, 0) is 4.79 Å². The van der Waals surface area contributed by atoms with E-state index in [-0.39, 0.29) is 17.6 Å². The summed E-state index contributed by atoms with van der Waals surface area (Å²) in [4.78, 5) is 15.6. The number of carbonyl (C=O) groups excluding carboxylic acids is 1. The number of hydrogen-bond acceptors (Lipinski definition) is 3. The zero-order chi connectivity index (χ0) is 11.7. The summed E-state index contributed by atoms with van der Waals surface area (Å²) < 4.78 is 13.7. The van der Waals surface area contributed by atoms with Gasteiger partial charge >= 0.3 is 0 Å². The number of fused-ring (bicyclic) bond motifs is 1. The molecule has 1 aromatic heterocycles. The highest BCUT2D eigenvalue weighted by Gasteiger charge is 2.10. The second-order valence-corrected chi connectivity index (χ2v) is 4.81. The third-order valence-electron chi connectivity index (χ3n) is 2.10. The zero-order valence-corrected chi connectivity index (χ0v) is 9.77. The summed E-state index contributed by atoms with van der Waals surface area (Å²) in [6.45, 7) is 3.62. The van der Waals surface area contributed by atoms with Crippen LogP contribution in [0.3, 0.4) is 0 Å². The van der Waals surface area contributed by atoms with Gasteiger partial charge in [-0.25, -0.2) is 9.37 Å². The molecular formula is C11H11FN2OS. The predicted octanol–water partition coefficient (Wildman–Crippen LogP) is 3.03. The Morgan fingerprint density at radius 2 is 2.25 bits per heavy atom. The fourth-order valence-corrected chi connectivity index (χ4v) is 2.10. The average Bonchev–Trinajstić information content (AvgIpc) is 2.58. The molecule has 2 aromatic rings. The molecule has 16 heavy (non-hydrogen) atoms. The van der Waals surface area contributed by atoms with Crippen molar-refractivity contribution >= 4 is 32.6 Å². The van der Waals surface area contributed by atoms with E-state index in [1.165, 1.54) is 23.5 Å². The minimum absolute atomic E-state index is 0.0838. The van der Waals surface area contributed by atoms with Gasteiger partial charge in [0, 0.05) is 5.92 Å². The van der Waals surface area contributed by atoms with Crippen LogP contribution >= 0.6 is 11.3 Å². The van der Waals surface area contributed by atoms with Crippen LogP contribution in [-0.4, -0.2) is 10.9 Å². The van der Waals surface area contributed by atoms with E-state index in [4.69, 9.17) is 0 Å². The van der Waals surface area contributed by atoms with Crippen LogP contribution in [0.4, 0.5) is 9.52 Å². The predicted molar refractivity (Wildman–Crippen MR) is 63.0 cm³/mol. The molecule has 0 aliphatic rings. The number of amides is 1. The number of anilines is 1. The molecule has 0 aliphatic heterocycles. The van der Waals surface area contributed by atoms with Crippen LogP contribution in [0.5, 0.6) is 0 Å². The van der Waals surface area contributed by atoms with Gasteiger partial charge in [0.2, 0.25) is 5.91 Å². The Kier molecular flexibility index (Phi) is 2.87. The van der Waals surface area contributed by atoms with E-state index in [0.717, 1.165) is 4.70 Å². The molecule has 1 N–H and O–H groups in total. The molecule has 0 fully saturated rings. The standard InChI is InChI=1S/C11H11FN2OS/c1-6(2)10(15)14-11-13-8-4-3-7(12)5-9(8)16-11/h3-6H,1-2H3,(H,13,14,15). The van der Waals surface area contributed by atoms with Crippen molar-refractivity contribution in [3.8, 4) is 0 Å². The van der Waals surface area contributed by atoms with Gasteiger partial charge in [-0.1, -0.05) is 25.2 Å². The Labute approximate surface area is 96.3 Å². The summed E-state index contributed by atoms with van der Waals surface area (Å²) in [5, 5.41) is 3.21. The van der Waals surface area contributed by atoms with Gasteiger partial charge in [0.15, 0.2) is 5.13 Å². The zero-order valence-electron chi connectivity index (χ0n) is 8.95. The molecule has 0 spiro atoms. The lowest BCUT2D eigenvalue weighted by atomic mass is 10.2. The second-order valence-electron chi connectivity index (χ2n) is 3.78. The van der Waals surface area contributed by atoms with E-state index in [1.54, 1.807) is 6.07 Å². The first-order chi connectivity index (χ1) is 7.56. The van der Waals surface area contributed by atoms with E-state index in [9.17, 15) is 9.18 Å². The highest BCUT2D eigenvalue weighted by Crippen LogP contribution is 2.26. The van der Waals surface area contributed by atoms with E-state index in [1.807, 2.05) is 13.8 Å². The van der Waals surface area contributed by atoms with Crippen LogP contribution in [0.2, 0.25) is 0 Å². The molecule has 3 nitrogen and oxygen atoms in total. The molecule has 0 aliphatic carbocycles. The SMILES string of the molecule is CC(C)C(=O)Nc1nc2ccc(F)cc2s1. The Morgan fingerprint density at radius 1 is 1.50 bits per heavy atom. The Hall–Kier alpha value is -1.49. The molecule has 1 amide bonds. The van der Waals surface area contributed by atoms with E-state index in [2.05, 4.69) is 10.3 Å². The normalized spacial score (nSPS) is 11.0. The molecule has 1 aromatic carbocycles. The van der Waals surface area contributed by atoms with Crippen molar-refractivity contribution in [1.82, 2.24) is 4.98 Å². The number of rotatable bonds is 2. The first kappa shape index (κ1) is 11.0. The maximum atomic E-state index is 12.9. The molecule has 0 bridgehead atoms. The maximum absolute atomic E-state index is 12.9. The van der Waals surface area contributed by atoms with Crippen molar-refractivity contribution in [3.63, 3.8) is 0 Å². The van der Waals surface area contributed by atoms with Gasteiger partial charge in [-0.3, -0.25) is 4.79 Å². The molecule has 0 unspecified atom stereocenters. The monoisotopic (exact) mass is 238 g/mol. The topological polar surface area (TPSA) is 42.0 Å². The summed E-state index contributed by atoms with van der Waals surface area (Å²) in [6, 6.07) is 4.38. The third kappa shape index (κ3) is 2.19. The van der Waals surface area contributed by atoms with Crippen LogP contribution < -0.4 is 5.32 Å². The number of hydrogen-bond donors (Lipinski definition) is 1. The number of halogens is 1. The summed E-state index contributed by atoms with van der Waals surface area (Å²) >= 11 is 1.27. The molecule has 0 saturated carbocycles. The summed E-state index contributed by atoms with van der Waals surface area (Å²) in [7, 11) is 0. The minimum atomic E-state index is -0.294. The first-order valence-corrected chi connectivity index (χ1v) is 5.75. The van der Waals surface area contributed by atoms with Crippen molar-refractivity contribution in [2.24, 2.45) is 5.92 Å². The van der Waals surface area contributed by atoms with Crippen molar-refractivity contribution in [2.75, 3.05) is 5.32 Å². The fourth-order valence-electron chi connectivity index (χ4n) is 1.20. The number of nitrogens with one attached hydrogen (secondary N) is 1. The van der Waals surface area contributed by atoms with Crippen LogP contribution in [0, 0.1) is 11.7 Å². The summed E-state index contributed by atoms with van der Waals surface area (Å²) in [5.41, 5.74) is 0.699. The van der Waals surface area contributed by atoms with Gasteiger partial charge in [0.1, 0.15) is 5.82 Å². The molecule has 0 saturated heterocycles. The average molecular weight is 238 g/mol. The quantitative estimate of drug-likeness (QED) is 0.873. The van der Waals surface area contributed by atoms with Crippen molar-refractivity contribution in [3.05, 3.63) is 24.0 Å². The molecular weight excluding hydrogens is 227 g/mol. The van der Waals surface area contributed by atoms with E-state index >= 15 is 0 Å². The largest absolute Gasteiger partial charge is 0.302 e. The molecule has 1 heterocycles. The number of aromatic nitrogens is 1. The molecule has 0 atom stereocenters. The lowest BCUT2D eigenvalue weighted by molar-refractivity contribution is -0.118. The fraction of sp³-hybridized carbons (Fsp3) is 0.273. The van der Waals surface area contributed by atoms with Gasteiger partial charge in [0.25, 0.3) is 0 Å². The molecule has 84 valence electrons. The maximum Gasteiger partial charge on any atom is 0.228 e. The van der Waals surface area contributed by atoms with Gasteiger partial charge in [-0.2, -0.15) is 0 Å². The van der Waals surface area contributed by atoms with Crippen LogP contribution in [0.15, 0.2) is 18.2 Å². The number of benzene rings is 1. The highest BCUT2D eigenvalue weighted by molar-refractivity contribution is 7.22. The molecule has 2 rings (SSSR count). The van der Waals surface area contributed by atoms with E-state index < -0.39 is 0 Å². The van der Waals surface area contributed by atoms with Gasteiger partial charge in [0.05, 0.1) is 10.2 Å².